The molecule has 5 heteroatoms. The van der Waals surface area contributed by atoms with Gasteiger partial charge >= 0.3 is 0 Å². The highest BCUT2D eigenvalue weighted by Crippen LogP contribution is 2.19. The summed E-state index contributed by atoms with van der Waals surface area (Å²) in [7, 11) is 1.80. The van der Waals surface area contributed by atoms with Crippen LogP contribution in [0.25, 0.3) is 5.69 Å². The molecule has 0 bridgehead atoms. The molecule has 78 valence electrons. The summed E-state index contributed by atoms with van der Waals surface area (Å²) in [6, 6.07) is 4.47. The van der Waals surface area contributed by atoms with Crippen LogP contribution in [0.15, 0.2) is 30.6 Å². The van der Waals surface area contributed by atoms with Crippen molar-refractivity contribution in [1.82, 2.24) is 9.78 Å². The Morgan fingerprint density at radius 3 is 2.87 bits per heavy atom. The van der Waals surface area contributed by atoms with Crippen LogP contribution in [0.4, 0.5) is 10.1 Å². The molecule has 0 unspecified atom stereocenters. The van der Waals surface area contributed by atoms with Gasteiger partial charge in [0.25, 0.3) is 0 Å². The van der Waals surface area contributed by atoms with Crippen molar-refractivity contribution in [3.8, 4) is 5.69 Å². The largest absolute Gasteiger partial charge is 0.386 e. The average Bonchev–Trinajstić information content (AvgIpc) is 2.70. The van der Waals surface area contributed by atoms with Gasteiger partial charge in [0.2, 0.25) is 0 Å². The van der Waals surface area contributed by atoms with Crippen molar-refractivity contribution in [2.75, 3.05) is 12.4 Å². The van der Waals surface area contributed by atoms with E-state index < -0.39 is 5.82 Å². The van der Waals surface area contributed by atoms with E-state index >= 15 is 0 Å². The Morgan fingerprint density at radius 2 is 2.27 bits per heavy atom. The van der Waals surface area contributed by atoms with Crippen LogP contribution in [0.5, 0.6) is 0 Å². The topological polar surface area (TPSA) is 29.9 Å². The summed E-state index contributed by atoms with van der Waals surface area (Å²) in [5, 5.41) is 7.15. The minimum atomic E-state index is -0.429. The zero-order valence-corrected chi connectivity index (χ0v) is 8.79. The standard InChI is InChI=1S/C10H9ClFN3/c1-13-7-5-14-15(6-7)8-2-3-10(12)9(11)4-8/h2-6,13H,1H3. The van der Waals surface area contributed by atoms with Crippen molar-refractivity contribution in [3.05, 3.63) is 41.4 Å². The molecule has 0 saturated heterocycles. The highest BCUT2D eigenvalue weighted by atomic mass is 35.5. The van der Waals surface area contributed by atoms with Crippen LogP contribution >= 0.6 is 11.6 Å². The van der Waals surface area contributed by atoms with E-state index in [1.54, 1.807) is 30.2 Å². The second-order valence-electron chi connectivity index (χ2n) is 3.02. The number of anilines is 1. The second kappa shape index (κ2) is 3.90. The molecule has 0 fully saturated rings. The molecule has 0 atom stereocenters. The van der Waals surface area contributed by atoms with Gasteiger partial charge in [0.05, 0.1) is 28.8 Å². The third kappa shape index (κ3) is 1.94. The Kier molecular flexibility index (Phi) is 2.60. The van der Waals surface area contributed by atoms with Crippen LogP contribution in [0.3, 0.4) is 0 Å². The van der Waals surface area contributed by atoms with Gasteiger partial charge in [-0.15, -0.1) is 0 Å². The van der Waals surface area contributed by atoms with E-state index in [2.05, 4.69) is 10.4 Å². The summed E-state index contributed by atoms with van der Waals surface area (Å²) in [5.74, 6) is -0.429. The monoisotopic (exact) mass is 225 g/mol. The van der Waals surface area contributed by atoms with Gasteiger partial charge in [0, 0.05) is 7.05 Å². The van der Waals surface area contributed by atoms with E-state index in [1.807, 2.05) is 0 Å². The van der Waals surface area contributed by atoms with Crippen LogP contribution in [-0.2, 0) is 0 Å². The molecule has 2 rings (SSSR count). The summed E-state index contributed by atoms with van der Waals surface area (Å²) >= 11 is 5.67. The molecule has 1 heterocycles. The van der Waals surface area contributed by atoms with Gasteiger partial charge in [-0.25, -0.2) is 9.07 Å². The zero-order chi connectivity index (χ0) is 10.8. The lowest BCUT2D eigenvalue weighted by Gasteiger charge is -2.01. The summed E-state index contributed by atoms with van der Waals surface area (Å²) in [4.78, 5) is 0. The van der Waals surface area contributed by atoms with Gasteiger partial charge < -0.3 is 5.32 Å². The maximum Gasteiger partial charge on any atom is 0.141 e. The van der Waals surface area contributed by atoms with E-state index in [0.29, 0.717) is 0 Å². The van der Waals surface area contributed by atoms with Gasteiger partial charge in [0.15, 0.2) is 0 Å². The molecule has 0 radical (unpaired) electrons. The van der Waals surface area contributed by atoms with Gasteiger partial charge in [-0.2, -0.15) is 5.10 Å². The minimum absolute atomic E-state index is 0.0917. The summed E-state index contributed by atoms with van der Waals surface area (Å²) in [6.45, 7) is 0. The first kappa shape index (κ1) is 9.98. The van der Waals surface area contributed by atoms with E-state index in [9.17, 15) is 4.39 Å². The third-order valence-electron chi connectivity index (χ3n) is 2.04. The highest BCUT2D eigenvalue weighted by molar-refractivity contribution is 6.30. The van der Waals surface area contributed by atoms with Crippen molar-refractivity contribution in [3.63, 3.8) is 0 Å². The first-order valence-corrected chi connectivity index (χ1v) is 4.76. The summed E-state index contributed by atoms with van der Waals surface area (Å²) < 4.78 is 14.5. The number of hydrogen-bond donors (Lipinski definition) is 1. The molecule has 0 aliphatic carbocycles. The fourth-order valence-electron chi connectivity index (χ4n) is 1.22. The molecule has 0 amide bonds. The minimum Gasteiger partial charge on any atom is -0.386 e. The molecule has 0 saturated carbocycles. The van der Waals surface area contributed by atoms with Gasteiger partial charge in [0.1, 0.15) is 5.82 Å². The zero-order valence-electron chi connectivity index (χ0n) is 8.04. The van der Waals surface area contributed by atoms with Crippen molar-refractivity contribution in [1.29, 1.82) is 0 Å². The number of halogens is 2. The fraction of sp³-hybridized carbons (Fsp3) is 0.100. The van der Waals surface area contributed by atoms with Crippen LogP contribution in [-0.4, -0.2) is 16.8 Å². The molecule has 2 aromatic rings. The van der Waals surface area contributed by atoms with E-state index in [4.69, 9.17) is 11.6 Å². The molecular formula is C10H9ClFN3. The van der Waals surface area contributed by atoms with Crippen molar-refractivity contribution in [2.45, 2.75) is 0 Å². The van der Waals surface area contributed by atoms with Crippen LogP contribution < -0.4 is 5.32 Å². The summed E-state index contributed by atoms with van der Waals surface area (Å²) in [5.41, 5.74) is 1.61. The molecule has 0 aliphatic heterocycles. The van der Waals surface area contributed by atoms with Crippen molar-refractivity contribution >= 4 is 17.3 Å². The number of hydrogen-bond acceptors (Lipinski definition) is 2. The second-order valence-corrected chi connectivity index (χ2v) is 3.43. The molecule has 15 heavy (non-hydrogen) atoms. The highest BCUT2D eigenvalue weighted by Gasteiger charge is 2.03. The van der Waals surface area contributed by atoms with Crippen molar-refractivity contribution < 1.29 is 4.39 Å². The molecule has 3 nitrogen and oxygen atoms in total. The maximum atomic E-state index is 12.9. The molecule has 0 aliphatic rings. The molecule has 0 spiro atoms. The number of nitrogens with one attached hydrogen (secondary N) is 1. The van der Waals surface area contributed by atoms with E-state index in [0.717, 1.165) is 11.4 Å². The molecule has 1 N–H and O–H groups in total. The first-order valence-electron chi connectivity index (χ1n) is 4.38. The normalized spacial score (nSPS) is 10.3. The SMILES string of the molecule is CNc1cnn(-c2ccc(F)c(Cl)c2)c1. The van der Waals surface area contributed by atoms with Gasteiger partial charge in [-0.1, -0.05) is 11.6 Å². The lowest BCUT2D eigenvalue weighted by molar-refractivity contribution is 0.627. The van der Waals surface area contributed by atoms with Crippen LogP contribution in [0.2, 0.25) is 5.02 Å². The Hall–Kier alpha value is -1.55. The molecule has 1 aromatic carbocycles. The Morgan fingerprint density at radius 1 is 1.47 bits per heavy atom. The average molecular weight is 226 g/mol. The lowest BCUT2D eigenvalue weighted by Crippen LogP contribution is -1.94. The number of benzene rings is 1. The number of nitrogens with zero attached hydrogens (tertiary/aromatic N) is 2. The number of aromatic nitrogens is 2. The van der Waals surface area contributed by atoms with Crippen LogP contribution in [0, 0.1) is 5.82 Å². The van der Waals surface area contributed by atoms with Gasteiger partial charge in [-0.3, -0.25) is 0 Å². The quantitative estimate of drug-likeness (QED) is 0.852. The molecular weight excluding hydrogens is 217 g/mol. The van der Waals surface area contributed by atoms with E-state index in [1.165, 1.54) is 12.1 Å². The summed E-state index contributed by atoms with van der Waals surface area (Å²) in [6.07, 6.45) is 3.47. The number of rotatable bonds is 2. The third-order valence-corrected chi connectivity index (χ3v) is 2.33. The Bertz CT molecular complexity index is 481. The van der Waals surface area contributed by atoms with E-state index in [-0.39, 0.29) is 5.02 Å². The smallest absolute Gasteiger partial charge is 0.141 e. The Labute approximate surface area is 91.5 Å². The molecule has 1 aromatic heterocycles. The predicted molar refractivity (Wildman–Crippen MR) is 58.1 cm³/mol. The van der Waals surface area contributed by atoms with Crippen molar-refractivity contribution in [2.24, 2.45) is 0 Å². The lowest BCUT2D eigenvalue weighted by atomic mass is 10.3. The fourth-order valence-corrected chi connectivity index (χ4v) is 1.40. The first-order chi connectivity index (χ1) is 7.20. The maximum absolute atomic E-state index is 12.9. The van der Waals surface area contributed by atoms with Crippen LogP contribution in [0.1, 0.15) is 0 Å². The van der Waals surface area contributed by atoms with Gasteiger partial charge in [-0.05, 0) is 18.2 Å². The Balaban J connectivity index is 2.40. The predicted octanol–water partition coefficient (Wildman–Crippen LogP) is 2.71.